The normalized spacial score (nSPS) is 20.0. The van der Waals surface area contributed by atoms with Crippen molar-refractivity contribution in [2.24, 2.45) is 5.41 Å². The average Bonchev–Trinajstić information content (AvgIpc) is 2.66. The Hall–Kier alpha value is -1.92. The van der Waals surface area contributed by atoms with Gasteiger partial charge in [0.2, 0.25) is 5.91 Å². The zero-order valence-electron chi connectivity index (χ0n) is 15.0. The number of piperidine rings is 1. The molecule has 136 valence electrons. The number of hydrogen-bond donors (Lipinski definition) is 2. The van der Waals surface area contributed by atoms with Crippen LogP contribution in [0.3, 0.4) is 0 Å². The molecule has 6 heteroatoms. The number of amides is 2. The number of rotatable bonds is 3. The van der Waals surface area contributed by atoms with Crippen LogP contribution in [0, 0.1) is 5.41 Å². The maximum Gasteiger partial charge on any atom is 0.274 e. The molecule has 0 atom stereocenters. The van der Waals surface area contributed by atoms with Crippen LogP contribution in [-0.2, 0) is 17.8 Å². The summed E-state index contributed by atoms with van der Waals surface area (Å²) in [5.74, 6) is -0.248. The third-order valence-electron chi connectivity index (χ3n) is 5.79. The molecule has 2 aliphatic rings. The van der Waals surface area contributed by atoms with E-state index in [1.54, 1.807) is 11.5 Å². The fourth-order valence-electron chi connectivity index (χ4n) is 3.89. The molecule has 2 N–H and O–H groups in total. The lowest BCUT2D eigenvalue weighted by molar-refractivity contribution is -0.145. The summed E-state index contributed by atoms with van der Waals surface area (Å²) in [6.45, 7) is 8.58. The molecular weight excluding hydrogens is 318 g/mol. The zero-order valence-corrected chi connectivity index (χ0v) is 15.0. The molecule has 0 radical (unpaired) electrons. The minimum absolute atomic E-state index is 0.256. The van der Waals surface area contributed by atoms with Gasteiger partial charge in [-0.25, -0.2) is 5.48 Å². The molecule has 25 heavy (non-hydrogen) atoms. The van der Waals surface area contributed by atoms with E-state index in [1.807, 2.05) is 17.0 Å². The summed E-state index contributed by atoms with van der Waals surface area (Å²) in [6, 6.07) is 5.39. The maximum absolute atomic E-state index is 13.1. The molecule has 3 rings (SSSR count). The number of fused-ring (bicyclic) bond motifs is 1. The van der Waals surface area contributed by atoms with Crippen molar-refractivity contribution in [1.29, 1.82) is 0 Å². The lowest BCUT2D eigenvalue weighted by atomic mass is 9.78. The molecule has 2 aliphatic heterocycles. The fraction of sp³-hybridized carbons (Fsp3) is 0.579. The van der Waals surface area contributed by atoms with Gasteiger partial charge in [0, 0.05) is 24.1 Å². The van der Waals surface area contributed by atoms with Crippen LogP contribution in [0.2, 0.25) is 0 Å². The Kier molecular flexibility index (Phi) is 5.11. The second-order valence-electron chi connectivity index (χ2n) is 7.40. The van der Waals surface area contributed by atoms with Gasteiger partial charge in [-0.15, -0.1) is 0 Å². The molecule has 0 unspecified atom stereocenters. The molecule has 2 amide bonds. The van der Waals surface area contributed by atoms with Crippen LogP contribution in [-0.4, -0.2) is 53.0 Å². The molecule has 0 spiro atoms. The SMILES string of the molecule is CCN1CCC(C)(C(=O)N2CCc3cc(C(=O)NO)ccc3C2)CC1. The zero-order chi connectivity index (χ0) is 18.0. The van der Waals surface area contributed by atoms with E-state index < -0.39 is 5.91 Å². The highest BCUT2D eigenvalue weighted by molar-refractivity contribution is 5.93. The van der Waals surface area contributed by atoms with Gasteiger partial charge in [0.25, 0.3) is 5.91 Å². The van der Waals surface area contributed by atoms with Crippen LogP contribution >= 0.6 is 0 Å². The highest BCUT2D eigenvalue weighted by atomic mass is 16.5. The van der Waals surface area contributed by atoms with Crippen LogP contribution in [0.25, 0.3) is 0 Å². The molecule has 0 bridgehead atoms. The quantitative estimate of drug-likeness (QED) is 0.647. The van der Waals surface area contributed by atoms with Gasteiger partial charge >= 0.3 is 0 Å². The topological polar surface area (TPSA) is 72.9 Å². The van der Waals surface area contributed by atoms with Gasteiger partial charge in [-0.3, -0.25) is 14.8 Å². The van der Waals surface area contributed by atoms with E-state index in [1.165, 1.54) is 0 Å². The van der Waals surface area contributed by atoms with Crippen molar-refractivity contribution in [1.82, 2.24) is 15.3 Å². The van der Waals surface area contributed by atoms with E-state index in [2.05, 4.69) is 18.7 Å². The summed E-state index contributed by atoms with van der Waals surface area (Å²) < 4.78 is 0. The van der Waals surface area contributed by atoms with Gasteiger partial charge in [0.05, 0.1) is 0 Å². The number of nitrogens with one attached hydrogen (secondary N) is 1. The summed E-state index contributed by atoms with van der Waals surface area (Å²) in [4.78, 5) is 29.0. The number of carbonyl (C=O) groups excluding carboxylic acids is 2. The second-order valence-corrected chi connectivity index (χ2v) is 7.40. The predicted octanol–water partition coefficient (Wildman–Crippen LogP) is 1.81. The first-order valence-corrected chi connectivity index (χ1v) is 9.05. The Labute approximate surface area is 148 Å². The Bertz CT molecular complexity index is 666. The Balaban J connectivity index is 1.70. The Morgan fingerprint density at radius 1 is 1.20 bits per heavy atom. The number of hydroxylamine groups is 1. The van der Waals surface area contributed by atoms with Gasteiger partial charge in [-0.1, -0.05) is 19.9 Å². The van der Waals surface area contributed by atoms with E-state index in [-0.39, 0.29) is 11.3 Å². The molecule has 0 saturated carbocycles. The Morgan fingerprint density at radius 3 is 2.56 bits per heavy atom. The summed E-state index contributed by atoms with van der Waals surface area (Å²) >= 11 is 0. The molecular formula is C19H27N3O3. The number of carbonyl (C=O) groups is 2. The van der Waals surface area contributed by atoms with Crippen molar-refractivity contribution < 1.29 is 14.8 Å². The van der Waals surface area contributed by atoms with Gasteiger partial charge in [-0.05, 0) is 62.2 Å². The third kappa shape index (κ3) is 3.55. The van der Waals surface area contributed by atoms with Crippen molar-refractivity contribution in [3.05, 3.63) is 34.9 Å². The first kappa shape index (κ1) is 17.9. The minimum Gasteiger partial charge on any atom is -0.338 e. The third-order valence-corrected chi connectivity index (χ3v) is 5.79. The molecule has 1 fully saturated rings. The highest BCUT2D eigenvalue weighted by Crippen LogP contribution is 2.34. The maximum atomic E-state index is 13.1. The number of hydrogen-bond acceptors (Lipinski definition) is 4. The average molecular weight is 345 g/mol. The molecule has 0 aliphatic carbocycles. The molecule has 2 heterocycles. The van der Waals surface area contributed by atoms with Gasteiger partial charge in [-0.2, -0.15) is 0 Å². The highest BCUT2D eigenvalue weighted by Gasteiger charge is 2.39. The van der Waals surface area contributed by atoms with E-state index in [0.29, 0.717) is 18.7 Å². The van der Waals surface area contributed by atoms with Crippen LogP contribution < -0.4 is 5.48 Å². The van der Waals surface area contributed by atoms with Crippen LogP contribution in [0.5, 0.6) is 0 Å². The van der Waals surface area contributed by atoms with E-state index in [9.17, 15) is 9.59 Å². The summed E-state index contributed by atoms with van der Waals surface area (Å²) in [5.41, 5.74) is 4.01. The van der Waals surface area contributed by atoms with Crippen molar-refractivity contribution in [2.45, 2.75) is 39.7 Å². The molecule has 1 aromatic carbocycles. The van der Waals surface area contributed by atoms with Crippen molar-refractivity contribution in [3.63, 3.8) is 0 Å². The van der Waals surface area contributed by atoms with E-state index in [0.717, 1.165) is 50.0 Å². The van der Waals surface area contributed by atoms with Gasteiger partial charge < -0.3 is 9.80 Å². The molecule has 6 nitrogen and oxygen atoms in total. The number of likely N-dealkylation sites (tertiary alicyclic amines) is 1. The lowest BCUT2D eigenvalue weighted by Crippen LogP contribution is -2.49. The fourth-order valence-corrected chi connectivity index (χ4v) is 3.89. The van der Waals surface area contributed by atoms with Crippen LogP contribution in [0.1, 0.15) is 48.2 Å². The minimum atomic E-state index is -0.503. The molecule has 1 aromatic rings. The standard InChI is InChI=1S/C19H27N3O3/c1-3-21-10-7-19(2,8-11-21)18(24)22-9-6-14-12-15(17(23)20-25)4-5-16(14)13-22/h4-5,12,25H,3,6-11,13H2,1-2H3,(H,20,23). The van der Waals surface area contributed by atoms with Crippen LogP contribution in [0.15, 0.2) is 18.2 Å². The Morgan fingerprint density at radius 2 is 1.92 bits per heavy atom. The van der Waals surface area contributed by atoms with Gasteiger partial charge in [0.1, 0.15) is 0 Å². The number of benzene rings is 1. The van der Waals surface area contributed by atoms with Crippen molar-refractivity contribution >= 4 is 11.8 Å². The lowest BCUT2D eigenvalue weighted by Gasteiger charge is -2.42. The molecule has 1 saturated heterocycles. The van der Waals surface area contributed by atoms with E-state index >= 15 is 0 Å². The molecule has 0 aromatic heterocycles. The second kappa shape index (κ2) is 7.14. The smallest absolute Gasteiger partial charge is 0.274 e. The van der Waals surface area contributed by atoms with E-state index in [4.69, 9.17) is 5.21 Å². The largest absolute Gasteiger partial charge is 0.338 e. The summed E-state index contributed by atoms with van der Waals surface area (Å²) in [7, 11) is 0. The first-order valence-electron chi connectivity index (χ1n) is 9.05. The van der Waals surface area contributed by atoms with Crippen molar-refractivity contribution in [3.8, 4) is 0 Å². The predicted molar refractivity (Wildman–Crippen MR) is 94.3 cm³/mol. The number of nitrogens with zero attached hydrogens (tertiary/aromatic N) is 2. The summed E-state index contributed by atoms with van der Waals surface area (Å²) in [6.07, 6.45) is 2.57. The first-order chi connectivity index (χ1) is 12.0. The van der Waals surface area contributed by atoms with Crippen molar-refractivity contribution in [2.75, 3.05) is 26.2 Å². The summed E-state index contributed by atoms with van der Waals surface area (Å²) in [5, 5.41) is 8.76. The monoisotopic (exact) mass is 345 g/mol. The van der Waals surface area contributed by atoms with Crippen LogP contribution in [0.4, 0.5) is 0 Å². The van der Waals surface area contributed by atoms with Gasteiger partial charge in [0.15, 0.2) is 0 Å².